The molecule has 2 aliphatic rings. The smallest absolute Gasteiger partial charge is 0.243 e. The van der Waals surface area contributed by atoms with Crippen molar-refractivity contribution in [3.8, 4) is 0 Å². The lowest BCUT2D eigenvalue weighted by Gasteiger charge is -2.47. The van der Waals surface area contributed by atoms with E-state index in [1.165, 1.54) is 0 Å². The molecule has 2 bridgehead atoms. The van der Waals surface area contributed by atoms with Crippen molar-refractivity contribution in [1.82, 2.24) is 29.5 Å². The zero-order valence-corrected chi connectivity index (χ0v) is 16.7. The average molecular weight is 419 g/mol. The molecule has 3 aromatic rings. The molecule has 1 saturated heterocycles. The number of piperidine rings is 1. The molecule has 1 fully saturated rings. The molecule has 0 saturated carbocycles. The summed E-state index contributed by atoms with van der Waals surface area (Å²) in [6.07, 6.45) is 5.52. The average Bonchev–Trinajstić information content (AvgIpc) is 3.30. The van der Waals surface area contributed by atoms with Crippen molar-refractivity contribution in [2.45, 2.75) is 42.2 Å². The van der Waals surface area contributed by atoms with Gasteiger partial charge in [-0.1, -0.05) is 16.8 Å². The lowest BCUT2D eigenvalue weighted by atomic mass is 9.78. The maximum absolute atomic E-state index is 13.5. The Morgan fingerprint density at radius 3 is 2.68 bits per heavy atom. The van der Waals surface area contributed by atoms with Crippen LogP contribution >= 0.6 is 11.6 Å². The van der Waals surface area contributed by atoms with Crippen LogP contribution in [-0.2, 0) is 23.5 Å². The third-order valence-corrected chi connectivity index (χ3v) is 8.07. The molecule has 3 unspecified atom stereocenters. The van der Waals surface area contributed by atoms with Crippen LogP contribution in [0.5, 0.6) is 0 Å². The summed E-state index contributed by atoms with van der Waals surface area (Å²) in [4.78, 5) is 0.263. The van der Waals surface area contributed by atoms with Gasteiger partial charge in [0.25, 0.3) is 0 Å². The Morgan fingerprint density at radius 1 is 1.18 bits per heavy atom. The van der Waals surface area contributed by atoms with Gasteiger partial charge in [-0.15, -0.1) is 5.10 Å². The molecule has 8 nitrogen and oxygen atoms in total. The first-order valence-corrected chi connectivity index (χ1v) is 10.9. The van der Waals surface area contributed by atoms with Crippen LogP contribution in [0, 0.1) is 0 Å². The second-order valence-electron chi connectivity index (χ2n) is 7.42. The number of rotatable bonds is 3. The molecule has 2 aromatic heterocycles. The summed E-state index contributed by atoms with van der Waals surface area (Å²) in [6.45, 7) is 0. The van der Waals surface area contributed by atoms with Gasteiger partial charge >= 0.3 is 0 Å². The Labute approximate surface area is 167 Å². The number of sulfonamides is 1. The van der Waals surface area contributed by atoms with E-state index in [2.05, 4.69) is 20.5 Å². The maximum atomic E-state index is 13.5. The Hall–Kier alpha value is -2.23. The number of aryl methyl sites for hydroxylation is 1. The first kappa shape index (κ1) is 17.8. The highest BCUT2D eigenvalue weighted by Gasteiger charge is 2.48. The molecule has 5 rings (SSSR count). The quantitative estimate of drug-likeness (QED) is 0.704. The summed E-state index contributed by atoms with van der Waals surface area (Å²) in [6, 6.07) is 5.93. The third kappa shape index (κ3) is 2.68. The Bertz CT molecular complexity index is 1120. The van der Waals surface area contributed by atoms with Gasteiger partial charge in [-0.2, -0.15) is 9.40 Å². The number of fused-ring (bicyclic) bond motifs is 4. The predicted octanol–water partition coefficient (Wildman–Crippen LogP) is 2.43. The van der Waals surface area contributed by atoms with Crippen molar-refractivity contribution in [1.29, 1.82) is 0 Å². The fraction of sp³-hybridized carbons (Fsp3) is 0.389. The molecule has 28 heavy (non-hydrogen) atoms. The van der Waals surface area contributed by atoms with E-state index < -0.39 is 10.0 Å². The van der Waals surface area contributed by atoms with E-state index in [1.807, 2.05) is 7.05 Å². The van der Waals surface area contributed by atoms with Crippen molar-refractivity contribution in [3.05, 3.63) is 58.6 Å². The molecule has 146 valence electrons. The van der Waals surface area contributed by atoms with E-state index in [0.29, 0.717) is 24.3 Å². The molecular weight excluding hydrogens is 400 g/mol. The fourth-order valence-corrected chi connectivity index (χ4v) is 6.54. The number of nitrogens with one attached hydrogen (secondary N) is 1. The van der Waals surface area contributed by atoms with Crippen molar-refractivity contribution in [2.75, 3.05) is 0 Å². The number of hydrogen-bond donors (Lipinski definition) is 1. The summed E-state index contributed by atoms with van der Waals surface area (Å²) in [5.74, 6) is 0.190. The standard InChI is InChI=1S/C18H19ClN6O2S/c1-24-18(10-21-23-24)11-6-13-8-16-15(9-20-22-16)17(7-11)25(13)28(26,27)14-4-2-12(19)3-5-14/h2-5,9-11,13,17H,6-8H2,1H3,(H,20,22). The van der Waals surface area contributed by atoms with Crippen molar-refractivity contribution >= 4 is 21.6 Å². The van der Waals surface area contributed by atoms with Gasteiger partial charge in [0.1, 0.15) is 0 Å². The minimum absolute atomic E-state index is 0.160. The van der Waals surface area contributed by atoms with Crippen LogP contribution in [0.25, 0.3) is 0 Å². The number of hydrogen-bond acceptors (Lipinski definition) is 5. The third-order valence-electron chi connectivity index (χ3n) is 5.84. The van der Waals surface area contributed by atoms with E-state index in [-0.39, 0.29) is 22.9 Å². The number of aromatic nitrogens is 5. The van der Waals surface area contributed by atoms with Crippen molar-refractivity contribution in [2.24, 2.45) is 7.05 Å². The van der Waals surface area contributed by atoms with Gasteiger partial charge in [0.15, 0.2) is 0 Å². The fourth-order valence-electron chi connectivity index (χ4n) is 4.60. The molecule has 4 heterocycles. The van der Waals surface area contributed by atoms with Gasteiger partial charge in [0.2, 0.25) is 10.0 Å². The minimum atomic E-state index is -3.67. The second kappa shape index (κ2) is 6.40. The van der Waals surface area contributed by atoms with Gasteiger partial charge in [-0.05, 0) is 37.1 Å². The van der Waals surface area contributed by atoms with E-state index >= 15 is 0 Å². The van der Waals surface area contributed by atoms with Gasteiger partial charge in [-0.3, -0.25) is 9.78 Å². The van der Waals surface area contributed by atoms with Gasteiger partial charge in [0.05, 0.1) is 29.0 Å². The number of H-pyrrole nitrogens is 1. The molecule has 0 amide bonds. The molecule has 0 radical (unpaired) electrons. The summed E-state index contributed by atoms with van der Waals surface area (Å²) in [5.41, 5.74) is 3.01. The highest BCUT2D eigenvalue weighted by molar-refractivity contribution is 7.89. The maximum Gasteiger partial charge on any atom is 0.243 e. The SMILES string of the molecule is Cn1nncc1C1CC2Cc3[nH]ncc3C(C1)N2S(=O)(=O)c1ccc(Cl)cc1. The van der Waals surface area contributed by atoms with Crippen LogP contribution in [0.15, 0.2) is 41.6 Å². The Balaban J connectivity index is 1.58. The van der Waals surface area contributed by atoms with Gasteiger partial charge in [-0.25, -0.2) is 8.42 Å². The van der Waals surface area contributed by atoms with Crippen LogP contribution in [0.3, 0.4) is 0 Å². The van der Waals surface area contributed by atoms with Crippen molar-refractivity contribution < 1.29 is 8.42 Å². The van der Waals surface area contributed by atoms with Crippen LogP contribution in [0.1, 0.15) is 41.8 Å². The lowest BCUT2D eigenvalue weighted by Crippen LogP contribution is -2.51. The highest BCUT2D eigenvalue weighted by atomic mass is 35.5. The van der Waals surface area contributed by atoms with E-state index in [4.69, 9.17) is 11.6 Å². The van der Waals surface area contributed by atoms with Gasteiger partial charge < -0.3 is 0 Å². The predicted molar refractivity (Wildman–Crippen MR) is 102 cm³/mol. The van der Waals surface area contributed by atoms with Crippen LogP contribution < -0.4 is 0 Å². The monoisotopic (exact) mass is 418 g/mol. The summed E-state index contributed by atoms with van der Waals surface area (Å²) in [7, 11) is -1.79. The zero-order chi connectivity index (χ0) is 19.5. The minimum Gasteiger partial charge on any atom is -0.282 e. The zero-order valence-electron chi connectivity index (χ0n) is 15.2. The van der Waals surface area contributed by atoms with E-state index in [9.17, 15) is 8.42 Å². The largest absolute Gasteiger partial charge is 0.282 e. The Morgan fingerprint density at radius 2 is 1.96 bits per heavy atom. The Kier molecular flexibility index (Phi) is 4.08. The molecular formula is C18H19ClN6O2S. The number of benzene rings is 1. The number of aromatic amines is 1. The van der Waals surface area contributed by atoms with Crippen molar-refractivity contribution in [3.63, 3.8) is 0 Å². The molecule has 2 aliphatic heterocycles. The first-order valence-electron chi connectivity index (χ1n) is 9.11. The molecule has 3 atom stereocenters. The summed E-state index contributed by atoms with van der Waals surface area (Å²) < 4.78 is 30.5. The molecule has 10 heteroatoms. The van der Waals surface area contributed by atoms with E-state index in [1.54, 1.807) is 45.6 Å². The molecule has 0 aliphatic carbocycles. The molecule has 1 aromatic carbocycles. The normalized spacial score (nSPS) is 24.9. The summed E-state index contributed by atoms with van der Waals surface area (Å²) >= 11 is 5.95. The van der Waals surface area contributed by atoms with E-state index in [0.717, 1.165) is 17.0 Å². The van der Waals surface area contributed by atoms with Gasteiger partial charge in [0, 0.05) is 41.7 Å². The number of nitrogens with zero attached hydrogens (tertiary/aromatic N) is 5. The lowest BCUT2D eigenvalue weighted by molar-refractivity contribution is 0.142. The van der Waals surface area contributed by atoms with Crippen LogP contribution in [0.4, 0.5) is 0 Å². The van der Waals surface area contributed by atoms with Crippen LogP contribution in [-0.4, -0.2) is 44.0 Å². The topological polar surface area (TPSA) is 96.8 Å². The summed E-state index contributed by atoms with van der Waals surface area (Å²) in [5, 5.41) is 15.8. The number of halogens is 1. The first-order chi connectivity index (χ1) is 13.4. The highest BCUT2D eigenvalue weighted by Crippen LogP contribution is 2.49. The second-order valence-corrected chi connectivity index (χ2v) is 9.70. The molecule has 1 N–H and O–H groups in total. The van der Waals surface area contributed by atoms with Crippen LogP contribution in [0.2, 0.25) is 5.02 Å². The molecule has 0 spiro atoms.